The van der Waals surface area contributed by atoms with Crippen LogP contribution in [0.15, 0.2) is 42.5 Å². The normalized spacial score (nSPS) is 23.8. The second kappa shape index (κ2) is 5.62. The Morgan fingerprint density at radius 2 is 1.58 bits per heavy atom. The molecule has 0 radical (unpaired) electrons. The molecule has 0 unspecified atom stereocenters. The maximum absolute atomic E-state index is 12.7. The average molecular weight is 276 g/mol. The molecule has 1 fully saturated rings. The van der Waals surface area contributed by atoms with Gasteiger partial charge < -0.3 is 4.57 Å². The van der Waals surface area contributed by atoms with Crippen LogP contribution in [0.1, 0.15) is 5.56 Å². The van der Waals surface area contributed by atoms with Gasteiger partial charge in [-0.2, -0.15) is 0 Å². The quantitative estimate of drug-likeness (QED) is 0.626. The van der Waals surface area contributed by atoms with Crippen molar-refractivity contribution in [1.29, 1.82) is 0 Å². The number of nitrogens with zero attached hydrogens (tertiary/aromatic N) is 2. The number of hydrogen-bond donors (Lipinski definition) is 0. The predicted octanol–water partition coefficient (Wildman–Crippen LogP) is 2.65. The summed E-state index contributed by atoms with van der Waals surface area (Å²) in [7, 11) is -2.06. The molecule has 1 aromatic rings. The first kappa shape index (κ1) is 13.1. The van der Waals surface area contributed by atoms with Gasteiger partial charge in [0.1, 0.15) is 0 Å². The van der Waals surface area contributed by atoms with Gasteiger partial charge in [-0.15, -0.1) is 0 Å². The number of allylic oxidation sites excluding steroid dienone is 2. The van der Waals surface area contributed by atoms with Crippen molar-refractivity contribution in [3.63, 3.8) is 0 Å². The number of benzene rings is 1. The van der Waals surface area contributed by atoms with Gasteiger partial charge >= 0.3 is 0 Å². The maximum atomic E-state index is 12.7. The molecular weight excluding hydrogens is 255 g/mol. The van der Waals surface area contributed by atoms with Gasteiger partial charge in [-0.05, 0) is 5.56 Å². The highest BCUT2D eigenvalue weighted by molar-refractivity contribution is 7.62. The van der Waals surface area contributed by atoms with Crippen molar-refractivity contribution < 1.29 is 4.57 Å². The Bertz CT molecular complexity index is 480. The van der Waals surface area contributed by atoms with Crippen LogP contribution in [-0.2, 0) is 11.1 Å². The van der Waals surface area contributed by atoms with Gasteiger partial charge in [-0.25, -0.2) is 0 Å². The third kappa shape index (κ3) is 3.00. The van der Waals surface area contributed by atoms with E-state index in [0.29, 0.717) is 0 Å². The molecule has 19 heavy (non-hydrogen) atoms. The molecule has 3 nitrogen and oxygen atoms in total. The minimum Gasteiger partial charge on any atom is -0.306 e. The number of rotatable bonds is 3. The van der Waals surface area contributed by atoms with Gasteiger partial charge in [0.05, 0.1) is 0 Å². The van der Waals surface area contributed by atoms with Crippen LogP contribution < -0.4 is 0 Å². The van der Waals surface area contributed by atoms with Crippen molar-refractivity contribution in [1.82, 2.24) is 9.57 Å². The molecule has 0 aromatic heterocycles. The smallest absolute Gasteiger partial charge is 0.157 e. The van der Waals surface area contributed by atoms with E-state index in [1.165, 1.54) is 5.56 Å². The van der Waals surface area contributed by atoms with E-state index in [9.17, 15) is 4.57 Å². The molecule has 0 bridgehead atoms. The third-order valence-electron chi connectivity index (χ3n) is 4.06. The second-order valence-corrected chi connectivity index (χ2v) is 8.39. The fraction of sp³-hybridized carbons (Fsp3) is 0.467. The van der Waals surface area contributed by atoms with Gasteiger partial charge in [0.15, 0.2) is 7.29 Å². The van der Waals surface area contributed by atoms with Crippen LogP contribution in [0.5, 0.6) is 0 Å². The molecule has 0 atom stereocenters. The van der Waals surface area contributed by atoms with Crippen LogP contribution in [0.3, 0.4) is 0 Å². The summed E-state index contributed by atoms with van der Waals surface area (Å²) in [6.45, 7) is 4.96. The highest BCUT2D eigenvalue weighted by atomic mass is 31.2. The molecular formula is C15H21N2OP. The lowest BCUT2D eigenvalue weighted by Crippen LogP contribution is -2.44. The van der Waals surface area contributed by atoms with E-state index in [1.807, 2.05) is 0 Å². The summed E-state index contributed by atoms with van der Waals surface area (Å²) in [6.07, 6.45) is 5.73. The lowest BCUT2D eigenvalue weighted by molar-refractivity contribution is 0.181. The first-order valence-corrected chi connectivity index (χ1v) is 9.04. The summed E-state index contributed by atoms with van der Waals surface area (Å²) in [5, 5.41) is 0. The van der Waals surface area contributed by atoms with Crippen molar-refractivity contribution in [3.8, 4) is 0 Å². The fourth-order valence-corrected chi connectivity index (χ4v) is 5.36. The monoisotopic (exact) mass is 276 g/mol. The van der Waals surface area contributed by atoms with Crippen molar-refractivity contribution in [2.45, 2.75) is 6.54 Å². The Hall–Kier alpha value is -0.890. The number of piperazine rings is 1. The average Bonchev–Trinajstić information content (AvgIpc) is 2.89. The van der Waals surface area contributed by atoms with Gasteiger partial charge in [0, 0.05) is 45.0 Å². The molecule has 0 spiro atoms. The van der Waals surface area contributed by atoms with Gasteiger partial charge in [-0.3, -0.25) is 9.57 Å². The summed E-state index contributed by atoms with van der Waals surface area (Å²) >= 11 is 0. The Morgan fingerprint density at radius 3 is 2.21 bits per heavy atom. The zero-order chi connectivity index (χ0) is 13.1. The topological polar surface area (TPSA) is 23.6 Å². The number of hydrogen-bond acceptors (Lipinski definition) is 2. The van der Waals surface area contributed by atoms with Crippen LogP contribution in [-0.4, -0.2) is 48.1 Å². The first-order chi connectivity index (χ1) is 9.26. The standard InChI is InChI=1S/C15H21N2OP/c18-19(12-4-5-13-19)17-10-8-16(9-11-17)14-15-6-2-1-3-7-15/h1-7H,8-14H2. The molecule has 0 N–H and O–H groups in total. The van der Waals surface area contributed by atoms with E-state index in [4.69, 9.17) is 0 Å². The molecule has 2 aliphatic heterocycles. The van der Waals surface area contributed by atoms with Crippen molar-refractivity contribution >= 4 is 7.29 Å². The molecule has 102 valence electrons. The van der Waals surface area contributed by atoms with Crippen molar-refractivity contribution in [3.05, 3.63) is 48.0 Å². The lowest BCUT2D eigenvalue weighted by atomic mass is 10.2. The minimum absolute atomic E-state index is 0.783. The largest absolute Gasteiger partial charge is 0.306 e. The van der Waals surface area contributed by atoms with Crippen LogP contribution in [0.25, 0.3) is 0 Å². The van der Waals surface area contributed by atoms with Crippen molar-refractivity contribution in [2.75, 3.05) is 38.5 Å². The molecule has 0 saturated carbocycles. The lowest BCUT2D eigenvalue weighted by Gasteiger charge is -2.37. The second-order valence-electron chi connectivity index (χ2n) is 5.40. The predicted molar refractivity (Wildman–Crippen MR) is 79.8 cm³/mol. The molecule has 2 aliphatic rings. The third-order valence-corrected chi connectivity index (χ3v) is 7.05. The van der Waals surface area contributed by atoms with Crippen LogP contribution in [0, 0.1) is 0 Å². The van der Waals surface area contributed by atoms with E-state index < -0.39 is 7.29 Å². The Labute approximate surface area is 115 Å². The molecule has 1 aromatic carbocycles. The first-order valence-electron chi connectivity index (χ1n) is 7.01. The maximum Gasteiger partial charge on any atom is 0.157 e. The zero-order valence-corrected chi connectivity index (χ0v) is 12.1. The molecule has 1 saturated heterocycles. The summed E-state index contributed by atoms with van der Waals surface area (Å²) in [5.74, 6) is 0. The Morgan fingerprint density at radius 1 is 0.947 bits per heavy atom. The molecule has 0 aliphatic carbocycles. The van der Waals surface area contributed by atoms with Crippen LogP contribution >= 0.6 is 7.29 Å². The van der Waals surface area contributed by atoms with E-state index in [2.05, 4.69) is 52.1 Å². The Balaban J connectivity index is 1.54. The molecule has 3 rings (SSSR count). The molecule has 2 heterocycles. The van der Waals surface area contributed by atoms with Crippen LogP contribution in [0.4, 0.5) is 0 Å². The highest BCUT2D eigenvalue weighted by Crippen LogP contribution is 2.52. The van der Waals surface area contributed by atoms with Gasteiger partial charge in [-0.1, -0.05) is 42.5 Å². The summed E-state index contributed by atoms with van der Waals surface area (Å²) in [4.78, 5) is 2.46. The van der Waals surface area contributed by atoms with E-state index in [1.54, 1.807) is 0 Å². The van der Waals surface area contributed by atoms with Crippen molar-refractivity contribution in [2.24, 2.45) is 0 Å². The zero-order valence-electron chi connectivity index (χ0n) is 11.2. The van der Waals surface area contributed by atoms with E-state index in [0.717, 1.165) is 45.0 Å². The summed E-state index contributed by atoms with van der Waals surface area (Å²) in [5.41, 5.74) is 1.37. The SMILES string of the molecule is O=P1(N2CCN(Cc3ccccc3)CC2)CC=CC1. The summed E-state index contributed by atoms with van der Waals surface area (Å²) < 4.78 is 14.9. The molecule has 4 heteroatoms. The highest BCUT2D eigenvalue weighted by Gasteiger charge is 2.33. The van der Waals surface area contributed by atoms with Crippen LogP contribution in [0.2, 0.25) is 0 Å². The summed E-state index contributed by atoms with van der Waals surface area (Å²) in [6, 6.07) is 10.6. The van der Waals surface area contributed by atoms with Gasteiger partial charge in [0.2, 0.25) is 0 Å². The Kier molecular flexibility index (Phi) is 3.88. The van der Waals surface area contributed by atoms with E-state index in [-0.39, 0.29) is 0 Å². The molecule has 0 amide bonds. The fourth-order valence-electron chi connectivity index (χ4n) is 2.89. The minimum atomic E-state index is -2.06. The van der Waals surface area contributed by atoms with Gasteiger partial charge in [0.25, 0.3) is 0 Å². The van der Waals surface area contributed by atoms with E-state index >= 15 is 0 Å².